The minimum absolute atomic E-state index is 0.650. The molecule has 0 bridgehead atoms. The van der Waals surface area contributed by atoms with Gasteiger partial charge in [0.25, 0.3) is 0 Å². The number of rotatable bonds is 4. The van der Waals surface area contributed by atoms with Crippen LogP contribution >= 0.6 is 11.3 Å². The van der Waals surface area contributed by atoms with Crippen molar-refractivity contribution in [3.63, 3.8) is 0 Å². The molecule has 1 aromatic heterocycles. The number of oxime groups is 1. The van der Waals surface area contributed by atoms with Crippen LogP contribution in [-0.4, -0.2) is 31.8 Å². The summed E-state index contributed by atoms with van der Waals surface area (Å²) in [7, 11) is 5.30. The average Bonchev–Trinajstić information content (AvgIpc) is 2.75. The van der Waals surface area contributed by atoms with Gasteiger partial charge in [-0.3, -0.25) is 0 Å². The fourth-order valence-electron chi connectivity index (χ4n) is 1.26. The molecule has 0 aliphatic rings. The number of nitriles is 1. The summed E-state index contributed by atoms with van der Waals surface area (Å²) in [6, 6.07) is 6.06. The fourth-order valence-corrected chi connectivity index (χ4v) is 2.17. The maximum atomic E-state index is 9.09. The van der Waals surface area contributed by atoms with Crippen LogP contribution in [0.3, 0.4) is 0 Å². The lowest BCUT2D eigenvalue weighted by atomic mass is 10.2. The van der Waals surface area contributed by atoms with Crippen molar-refractivity contribution in [1.82, 2.24) is 4.90 Å². The van der Waals surface area contributed by atoms with Crippen LogP contribution in [0, 0.1) is 11.3 Å². The van der Waals surface area contributed by atoms with Crippen LogP contribution in [0.25, 0.3) is 5.57 Å². The number of hydrogen-bond donors (Lipinski definition) is 0. The topological polar surface area (TPSA) is 48.6 Å². The Hall–Kier alpha value is -1.80. The molecule has 0 unspecified atom stereocenters. The van der Waals surface area contributed by atoms with Crippen LogP contribution in [0.2, 0.25) is 0 Å². The molecule has 0 radical (unpaired) electrons. The number of allylic oxidation sites excluding steroid dienone is 1. The van der Waals surface area contributed by atoms with Crippen molar-refractivity contribution in [2.45, 2.75) is 6.92 Å². The Morgan fingerprint density at radius 2 is 2.12 bits per heavy atom. The molecule has 0 spiro atoms. The quantitative estimate of drug-likeness (QED) is 0.468. The third-order valence-electron chi connectivity index (χ3n) is 1.96. The number of nitrogens with zero attached hydrogens (tertiary/aromatic N) is 3. The van der Waals surface area contributed by atoms with Crippen LogP contribution in [0.4, 0.5) is 0 Å². The average molecular weight is 249 g/mol. The molecule has 0 aromatic carbocycles. The highest BCUT2D eigenvalue weighted by atomic mass is 32.1. The second kappa shape index (κ2) is 6.06. The Balaban J connectivity index is 3.03. The van der Waals surface area contributed by atoms with Crippen molar-refractivity contribution in [1.29, 1.82) is 5.26 Å². The Morgan fingerprint density at radius 1 is 1.47 bits per heavy atom. The Labute approximate surface area is 105 Å². The van der Waals surface area contributed by atoms with E-state index in [0.29, 0.717) is 5.57 Å². The monoisotopic (exact) mass is 249 g/mol. The van der Waals surface area contributed by atoms with Crippen molar-refractivity contribution >= 4 is 22.6 Å². The smallest absolute Gasteiger partial charge is 0.106 e. The molecule has 0 aliphatic heterocycles. The maximum Gasteiger partial charge on any atom is 0.106 e. The van der Waals surface area contributed by atoms with Gasteiger partial charge < -0.3 is 9.74 Å². The van der Waals surface area contributed by atoms with E-state index in [1.54, 1.807) is 6.20 Å². The van der Waals surface area contributed by atoms with Crippen LogP contribution < -0.4 is 0 Å². The lowest BCUT2D eigenvalue weighted by Crippen LogP contribution is -2.01. The highest BCUT2D eigenvalue weighted by molar-refractivity contribution is 7.15. The Bertz CT molecular complexity index is 480. The second-order valence-corrected chi connectivity index (χ2v) is 4.73. The molecule has 0 aliphatic carbocycles. The van der Waals surface area contributed by atoms with E-state index in [1.807, 2.05) is 38.1 Å². The molecule has 1 aromatic rings. The van der Waals surface area contributed by atoms with Gasteiger partial charge in [0, 0.05) is 25.2 Å². The molecule has 90 valence electrons. The van der Waals surface area contributed by atoms with Gasteiger partial charge >= 0.3 is 0 Å². The van der Waals surface area contributed by atoms with Gasteiger partial charge in [-0.25, -0.2) is 0 Å². The Morgan fingerprint density at radius 3 is 2.65 bits per heavy atom. The second-order valence-electron chi connectivity index (χ2n) is 3.64. The van der Waals surface area contributed by atoms with E-state index in [2.05, 4.69) is 11.2 Å². The molecular weight excluding hydrogens is 234 g/mol. The molecule has 0 saturated carbocycles. The van der Waals surface area contributed by atoms with Crippen LogP contribution in [-0.2, 0) is 4.84 Å². The molecule has 5 heteroatoms. The van der Waals surface area contributed by atoms with Gasteiger partial charge in [0.1, 0.15) is 13.2 Å². The van der Waals surface area contributed by atoms with Gasteiger partial charge in [0.2, 0.25) is 0 Å². The fraction of sp³-hybridized carbons (Fsp3) is 0.333. The highest BCUT2D eigenvalue weighted by Gasteiger charge is 2.07. The maximum absolute atomic E-state index is 9.09. The van der Waals surface area contributed by atoms with Crippen LogP contribution in [0.1, 0.15) is 16.7 Å². The molecule has 0 N–H and O–H groups in total. The molecule has 0 amide bonds. The van der Waals surface area contributed by atoms with Crippen molar-refractivity contribution < 1.29 is 4.84 Å². The summed E-state index contributed by atoms with van der Waals surface area (Å²) in [6.07, 6.45) is 1.80. The third kappa shape index (κ3) is 3.61. The molecule has 0 saturated heterocycles. The van der Waals surface area contributed by atoms with Crippen molar-refractivity contribution in [3.8, 4) is 6.07 Å². The highest BCUT2D eigenvalue weighted by Crippen LogP contribution is 2.24. The lowest BCUT2D eigenvalue weighted by molar-refractivity contribution is 0.213. The van der Waals surface area contributed by atoms with Crippen molar-refractivity contribution in [3.05, 3.63) is 28.1 Å². The molecular formula is C12H15N3OS. The van der Waals surface area contributed by atoms with E-state index >= 15 is 0 Å². The summed E-state index contributed by atoms with van der Waals surface area (Å²) >= 11 is 1.53. The van der Waals surface area contributed by atoms with Crippen LogP contribution in [0.5, 0.6) is 0 Å². The van der Waals surface area contributed by atoms with E-state index < -0.39 is 0 Å². The van der Waals surface area contributed by atoms with E-state index in [0.717, 1.165) is 15.5 Å². The predicted molar refractivity (Wildman–Crippen MR) is 70.8 cm³/mol. The molecule has 0 atom stereocenters. The van der Waals surface area contributed by atoms with E-state index in [4.69, 9.17) is 10.1 Å². The number of thiophene rings is 1. The molecule has 0 fully saturated rings. The SMILES string of the molecule is CO/N=C(/C)c1ccc(/C(C#N)=C/N(C)C)s1. The number of hydrogen-bond acceptors (Lipinski definition) is 5. The minimum Gasteiger partial charge on any atom is -0.399 e. The first-order valence-corrected chi connectivity index (χ1v) is 5.86. The standard InChI is InChI=1S/C12H15N3OS/c1-9(14-16-4)11-5-6-12(17-11)10(7-13)8-15(2)3/h5-6,8H,1-4H3/b10-8+,14-9-. The summed E-state index contributed by atoms with van der Waals surface area (Å²) < 4.78 is 0. The minimum atomic E-state index is 0.650. The predicted octanol–water partition coefficient (Wildman–Crippen LogP) is 2.54. The van der Waals surface area contributed by atoms with Crippen LogP contribution in [0.15, 0.2) is 23.5 Å². The summed E-state index contributed by atoms with van der Waals surface area (Å²) in [4.78, 5) is 8.51. The summed E-state index contributed by atoms with van der Waals surface area (Å²) in [6.45, 7) is 1.88. The van der Waals surface area contributed by atoms with E-state index in [-0.39, 0.29) is 0 Å². The van der Waals surface area contributed by atoms with E-state index in [1.165, 1.54) is 18.4 Å². The zero-order chi connectivity index (χ0) is 12.8. The van der Waals surface area contributed by atoms with Gasteiger partial charge in [0.05, 0.1) is 16.2 Å². The van der Waals surface area contributed by atoms with E-state index in [9.17, 15) is 0 Å². The first-order valence-electron chi connectivity index (χ1n) is 5.05. The largest absolute Gasteiger partial charge is 0.399 e. The molecule has 1 heterocycles. The van der Waals surface area contributed by atoms with Gasteiger partial charge in [-0.1, -0.05) is 5.16 Å². The zero-order valence-corrected chi connectivity index (χ0v) is 11.2. The lowest BCUT2D eigenvalue weighted by Gasteiger charge is -2.04. The van der Waals surface area contributed by atoms with Crippen molar-refractivity contribution in [2.24, 2.45) is 5.16 Å². The zero-order valence-electron chi connectivity index (χ0n) is 10.4. The Kier molecular flexibility index (Phi) is 4.73. The summed E-state index contributed by atoms with van der Waals surface area (Å²) in [5.41, 5.74) is 1.46. The van der Waals surface area contributed by atoms with Crippen molar-refractivity contribution in [2.75, 3.05) is 21.2 Å². The van der Waals surface area contributed by atoms with Gasteiger partial charge in [-0.2, -0.15) is 5.26 Å². The summed E-state index contributed by atoms with van der Waals surface area (Å²) in [5, 5.41) is 13.0. The summed E-state index contributed by atoms with van der Waals surface area (Å²) in [5.74, 6) is 0. The molecule has 4 nitrogen and oxygen atoms in total. The molecule has 1 rings (SSSR count). The molecule has 17 heavy (non-hydrogen) atoms. The van der Waals surface area contributed by atoms with Gasteiger partial charge in [-0.15, -0.1) is 11.3 Å². The third-order valence-corrected chi connectivity index (χ3v) is 3.19. The first-order chi connectivity index (χ1) is 8.08. The normalized spacial score (nSPS) is 12.2. The van der Waals surface area contributed by atoms with Gasteiger partial charge in [-0.05, 0) is 19.1 Å². The first kappa shape index (κ1) is 13.3. The van der Waals surface area contributed by atoms with Gasteiger partial charge in [0.15, 0.2) is 0 Å².